The molecule has 3 nitrogen and oxygen atoms in total. The van der Waals surface area contributed by atoms with E-state index in [1.807, 2.05) is 14.2 Å². The normalized spacial score (nSPS) is 22.6. The van der Waals surface area contributed by atoms with E-state index in [-0.39, 0.29) is 0 Å². The molecule has 1 aliphatic rings. The summed E-state index contributed by atoms with van der Waals surface area (Å²) in [6.45, 7) is 4.03. The van der Waals surface area contributed by atoms with Crippen LogP contribution in [0.2, 0.25) is 0 Å². The van der Waals surface area contributed by atoms with Gasteiger partial charge in [-0.15, -0.1) is 0 Å². The lowest BCUT2D eigenvalue weighted by Gasteiger charge is -2.34. The van der Waals surface area contributed by atoms with Crippen molar-refractivity contribution < 1.29 is 9.47 Å². The average molecular weight is 215 g/mol. The van der Waals surface area contributed by atoms with Crippen LogP contribution in [0, 0.1) is 5.92 Å². The molecule has 1 heterocycles. The summed E-state index contributed by atoms with van der Waals surface area (Å²) in [5.41, 5.74) is 0. The van der Waals surface area contributed by atoms with Gasteiger partial charge in [0, 0.05) is 26.4 Å². The molecule has 2 atom stereocenters. The number of ether oxygens (including phenoxy) is 2. The van der Waals surface area contributed by atoms with E-state index in [2.05, 4.69) is 12.2 Å². The molecule has 1 N–H and O–H groups in total. The molecule has 0 spiro atoms. The van der Waals surface area contributed by atoms with Crippen LogP contribution < -0.4 is 5.32 Å². The second kappa shape index (κ2) is 7.20. The van der Waals surface area contributed by atoms with Gasteiger partial charge in [0.2, 0.25) is 0 Å². The van der Waals surface area contributed by atoms with Crippen molar-refractivity contribution in [2.45, 2.75) is 44.8 Å². The summed E-state index contributed by atoms with van der Waals surface area (Å²) in [6.07, 6.45) is 4.99. The molecule has 1 aliphatic heterocycles. The van der Waals surface area contributed by atoms with Crippen LogP contribution >= 0.6 is 0 Å². The van der Waals surface area contributed by atoms with Gasteiger partial charge in [0.25, 0.3) is 0 Å². The second-order valence-electron chi connectivity index (χ2n) is 4.33. The molecule has 0 bridgehead atoms. The molecule has 0 radical (unpaired) electrons. The number of likely N-dealkylation sites (N-methyl/N-ethyl adjacent to an activating group) is 1. The van der Waals surface area contributed by atoms with Gasteiger partial charge in [-0.3, -0.25) is 0 Å². The van der Waals surface area contributed by atoms with Crippen molar-refractivity contribution in [2.75, 3.05) is 27.4 Å². The maximum absolute atomic E-state index is 5.59. The molecular weight excluding hydrogens is 190 g/mol. The van der Waals surface area contributed by atoms with Gasteiger partial charge < -0.3 is 14.8 Å². The van der Waals surface area contributed by atoms with Crippen molar-refractivity contribution in [3.8, 4) is 0 Å². The zero-order valence-corrected chi connectivity index (χ0v) is 10.3. The summed E-state index contributed by atoms with van der Waals surface area (Å²) in [7, 11) is 3.87. The SMILES string of the molecule is CCCC(OC)C(NC)C1CCOCC1. The molecule has 0 amide bonds. The van der Waals surface area contributed by atoms with E-state index in [9.17, 15) is 0 Å². The van der Waals surface area contributed by atoms with Crippen LogP contribution in [0.1, 0.15) is 32.6 Å². The predicted octanol–water partition coefficient (Wildman–Crippen LogP) is 1.82. The Morgan fingerprint density at radius 2 is 2.07 bits per heavy atom. The Morgan fingerprint density at radius 1 is 1.40 bits per heavy atom. The molecule has 1 rings (SSSR count). The Kier molecular flexibility index (Phi) is 6.22. The maximum Gasteiger partial charge on any atom is 0.0726 e. The molecule has 3 heteroatoms. The van der Waals surface area contributed by atoms with Crippen molar-refractivity contribution in [2.24, 2.45) is 5.92 Å². The zero-order valence-electron chi connectivity index (χ0n) is 10.3. The highest BCUT2D eigenvalue weighted by molar-refractivity contribution is 4.84. The fourth-order valence-corrected chi connectivity index (χ4v) is 2.53. The van der Waals surface area contributed by atoms with E-state index >= 15 is 0 Å². The van der Waals surface area contributed by atoms with E-state index in [0.29, 0.717) is 18.1 Å². The molecule has 0 aromatic carbocycles. The van der Waals surface area contributed by atoms with E-state index in [0.717, 1.165) is 32.5 Å². The number of hydrogen-bond donors (Lipinski definition) is 1. The van der Waals surface area contributed by atoms with Crippen molar-refractivity contribution in [3.05, 3.63) is 0 Å². The van der Waals surface area contributed by atoms with Crippen molar-refractivity contribution >= 4 is 0 Å². The first-order chi connectivity index (χ1) is 7.33. The lowest BCUT2D eigenvalue weighted by molar-refractivity contribution is 0.00227. The van der Waals surface area contributed by atoms with Gasteiger partial charge >= 0.3 is 0 Å². The number of hydrogen-bond acceptors (Lipinski definition) is 3. The summed E-state index contributed by atoms with van der Waals surface area (Å²) < 4.78 is 11.0. The molecule has 15 heavy (non-hydrogen) atoms. The number of methoxy groups -OCH3 is 1. The van der Waals surface area contributed by atoms with Crippen LogP contribution in [0.15, 0.2) is 0 Å². The molecular formula is C12H25NO2. The Labute approximate surface area is 93.5 Å². The van der Waals surface area contributed by atoms with Gasteiger partial charge in [-0.2, -0.15) is 0 Å². The Morgan fingerprint density at radius 3 is 2.53 bits per heavy atom. The third-order valence-electron chi connectivity index (χ3n) is 3.38. The van der Waals surface area contributed by atoms with Crippen LogP contribution in [-0.4, -0.2) is 39.5 Å². The summed E-state index contributed by atoms with van der Waals surface area (Å²) in [4.78, 5) is 0. The largest absolute Gasteiger partial charge is 0.381 e. The minimum absolute atomic E-state index is 0.350. The van der Waals surface area contributed by atoms with Gasteiger partial charge in [0.15, 0.2) is 0 Å². The smallest absolute Gasteiger partial charge is 0.0726 e. The van der Waals surface area contributed by atoms with Gasteiger partial charge in [-0.05, 0) is 32.2 Å². The van der Waals surface area contributed by atoms with E-state index < -0.39 is 0 Å². The Balaban J connectivity index is 2.50. The van der Waals surface area contributed by atoms with Crippen molar-refractivity contribution in [1.29, 1.82) is 0 Å². The Bertz CT molecular complexity index is 153. The van der Waals surface area contributed by atoms with Gasteiger partial charge in [-0.25, -0.2) is 0 Å². The quantitative estimate of drug-likeness (QED) is 0.733. The van der Waals surface area contributed by atoms with E-state index in [1.165, 1.54) is 6.42 Å². The first-order valence-electron chi connectivity index (χ1n) is 6.11. The summed E-state index contributed by atoms with van der Waals surface area (Å²) in [5, 5.41) is 3.43. The van der Waals surface area contributed by atoms with Gasteiger partial charge in [0.1, 0.15) is 0 Å². The summed E-state index contributed by atoms with van der Waals surface area (Å²) >= 11 is 0. The molecule has 2 unspecified atom stereocenters. The Hall–Kier alpha value is -0.120. The van der Waals surface area contributed by atoms with Crippen molar-refractivity contribution in [3.63, 3.8) is 0 Å². The maximum atomic E-state index is 5.59. The molecule has 1 saturated heterocycles. The van der Waals surface area contributed by atoms with Crippen LogP contribution in [-0.2, 0) is 9.47 Å². The summed E-state index contributed by atoms with van der Waals surface area (Å²) in [6, 6.07) is 0.485. The predicted molar refractivity (Wildman–Crippen MR) is 62.1 cm³/mol. The van der Waals surface area contributed by atoms with E-state index in [4.69, 9.17) is 9.47 Å². The number of nitrogens with one attached hydrogen (secondary N) is 1. The second-order valence-corrected chi connectivity index (χ2v) is 4.33. The highest BCUT2D eigenvalue weighted by Gasteiger charge is 2.29. The topological polar surface area (TPSA) is 30.5 Å². The average Bonchev–Trinajstić information content (AvgIpc) is 2.30. The molecule has 0 aliphatic carbocycles. The molecule has 0 aromatic heterocycles. The lowest BCUT2D eigenvalue weighted by Crippen LogP contribution is -2.46. The molecule has 0 aromatic rings. The highest BCUT2D eigenvalue weighted by atomic mass is 16.5. The molecule has 1 fully saturated rings. The first-order valence-corrected chi connectivity index (χ1v) is 6.11. The third-order valence-corrected chi connectivity index (χ3v) is 3.38. The van der Waals surface area contributed by atoms with Crippen LogP contribution in [0.25, 0.3) is 0 Å². The highest BCUT2D eigenvalue weighted by Crippen LogP contribution is 2.23. The van der Waals surface area contributed by atoms with Crippen LogP contribution in [0.3, 0.4) is 0 Å². The van der Waals surface area contributed by atoms with Gasteiger partial charge in [-0.1, -0.05) is 13.3 Å². The monoisotopic (exact) mass is 215 g/mol. The fourth-order valence-electron chi connectivity index (χ4n) is 2.53. The fraction of sp³-hybridized carbons (Fsp3) is 1.00. The number of rotatable bonds is 6. The minimum atomic E-state index is 0.350. The van der Waals surface area contributed by atoms with Crippen LogP contribution in [0.4, 0.5) is 0 Å². The zero-order chi connectivity index (χ0) is 11.1. The standard InChI is InChI=1S/C12H25NO2/c1-4-5-11(14-3)12(13-2)10-6-8-15-9-7-10/h10-13H,4-9H2,1-3H3. The van der Waals surface area contributed by atoms with Gasteiger partial charge in [0.05, 0.1) is 6.10 Å². The third kappa shape index (κ3) is 3.74. The lowest BCUT2D eigenvalue weighted by atomic mass is 9.87. The molecule has 0 saturated carbocycles. The first kappa shape index (κ1) is 12.9. The molecule has 90 valence electrons. The minimum Gasteiger partial charge on any atom is -0.381 e. The van der Waals surface area contributed by atoms with Crippen LogP contribution in [0.5, 0.6) is 0 Å². The summed E-state index contributed by atoms with van der Waals surface area (Å²) in [5.74, 6) is 0.709. The van der Waals surface area contributed by atoms with E-state index in [1.54, 1.807) is 0 Å². The van der Waals surface area contributed by atoms with Crippen molar-refractivity contribution in [1.82, 2.24) is 5.32 Å².